The minimum Gasteiger partial charge on any atom is -0.477 e. The molecule has 1 atom stereocenters. The standard InChI is InChI=1S/C16H19F3N4O.ClH/c1-23-8-5-13(22-23)15-12(11-4-7-20-10-11)2-3-14(21-15)24-9-6-16(17,18)19;/h2-3,5,8,11,20H,4,6-7,9-10H2,1H3;1H. The number of alkyl halides is 3. The number of aromatic nitrogens is 3. The molecule has 1 unspecified atom stereocenters. The van der Waals surface area contributed by atoms with E-state index in [0.717, 1.165) is 25.1 Å². The van der Waals surface area contributed by atoms with Crippen molar-refractivity contribution in [2.75, 3.05) is 19.7 Å². The van der Waals surface area contributed by atoms with Gasteiger partial charge < -0.3 is 10.1 Å². The van der Waals surface area contributed by atoms with Gasteiger partial charge in [-0.15, -0.1) is 12.4 Å². The van der Waals surface area contributed by atoms with Crippen LogP contribution in [0.15, 0.2) is 24.4 Å². The van der Waals surface area contributed by atoms with Crippen LogP contribution in [0.5, 0.6) is 5.88 Å². The zero-order chi connectivity index (χ0) is 17.2. The monoisotopic (exact) mass is 376 g/mol. The second-order valence-corrected chi connectivity index (χ2v) is 5.87. The highest BCUT2D eigenvalue weighted by atomic mass is 35.5. The van der Waals surface area contributed by atoms with Crippen molar-refractivity contribution in [3.63, 3.8) is 0 Å². The molecule has 0 aliphatic carbocycles. The Kier molecular flexibility index (Phi) is 6.29. The third kappa shape index (κ3) is 5.09. The summed E-state index contributed by atoms with van der Waals surface area (Å²) < 4.78 is 43.6. The summed E-state index contributed by atoms with van der Waals surface area (Å²) >= 11 is 0. The van der Waals surface area contributed by atoms with Crippen molar-refractivity contribution in [1.29, 1.82) is 0 Å². The van der Waals surface area contributed by atoms with Gasteiger partial charge in [0.05, 0.1) is 18.7 Å². The summed E-state index contributed by atoms with van der Waals surface area (Å²) in [5.41, 5.74) is 2.41. The lowest BCUT2D eigenvalue weighted by atomic mass is 9.95. The number of aryl methyl sites for hydroxylation is 1. The van der Waals surface area contributed by atoms with E-state index in [-0.39, 0.29) is 18.3 Å². The minimum absolute atomic E-state index is 0. The molecule has 0 bridgehead atoms. The van der Waals surface area contributed by atoms with Crippen molar-refractivity contribution in [2.45, 2.75) is 24.9 Å². The third-order valence-corrected chi connectivity index (χ3v) is 3.99. The van der Waals surface area contributed by atoms with Crippen molar-refractivity contribution in [3.8, 4) is 17.3 Å². The molecular formula is C16H20ClF3N4O. The van der Waals surface area contributed by atoms with Gasteiger partial charge >= 0.3 is 6.18 Å². The SMILES string of the molecule is Cl.Cn1ccc(-c2nc(OCCC(F)(F)F)ccc2C2CCNC2)n1. The fraction of sp³-hybridized carbons (Fsp3) is 0.500. The average molecular weight is 377 g/mol. The molecule has 0 spiro atoms. The van der Waals surface area contributed by atoms with Gasteiger partial charge in [0.2, 0.25) is 5.88 Å². The van der Waals surface area contributed by atoms with E-state index >= 15 is 0 Å². The van der Waals surface area contributed by atoms with Crippen LogP contribution in [0.1, 0.15) is 24.3 Å². The molecule has 138 valence electrons. The Morgan fingerprint density at radius 1 is 1.32 bits per heavy atom. The largest absolute Gasteiger partial charge is 0.477 e. The molecule has 0 radical (unpaired) electrons. The van der Waals surface area contributed by atoms with Crippen molar-refractivity contribution >= 4 is 12.4 Å². The van der Waals surface area contributed by atoms with Crippen LogP contribution in [0.4, 0.5) is 13.2 Å². The molecule has 3 heterocycles. The highest BCUT2D eigenvalue weighted by molar-refractivity contribution is 5.85. The summed E-state index contributed by atoms with van der Waals surface area (Å²) in [6.07, 6.45) is -2.43. The van der Waals surface area contributed by atoms with Gasteiger partial charge in [-0.2, -0.15) is 18.3 Å². The molecule has 9 heteroatoms. The van der Waals surface area contributed by atoms with Gasteiger partial charge in [-0.25, -0.2) is 4.98 Å². The Hall–Kier alpha value is -1.80. The Balaban J connectivity index is 0.00000225. The van der Waals surface area contributed by atoms with Gasteiger partial charge in [-0.1, -0.05) is 6.07 Å². The second kappa shape index (κ2) is 8.05. The lowest BCUT2D eigenvalue weighted by molar-refractivity contribution is -0.139. The van der Waals surface area contributed by atoms with Crippen LogP contribution in [-0.2, 0) is 7.05 Å². The zero-order valence-corrected chi connectivity index (χ0v) is 14.5. The number of rotatable bonds is 5. The first kappa shape index (κ1) is 19.5. The molecule has 1 aliphatic rings. The van der Waals surface area contributed by atoms with E-state index in [1.807, 2.05) is 25.4 Å². The smallest absolute Gasteiger partial charge is 0.392 e. The predicted molar refractivity (Wildman–Crippen MR) is 90.1 cm³/mol. The molecule has 25 heavy (non-hydrogen) atoms. The van der Waals surface area contributed by atoms with Crippen LogP contribution in [-0.4, -0.2) is 40.6 Å². The van der Waals surface area contributed by atoms with Gasteiger partial charge in [0, 0.05) is 25.9 Å². The number of nitrogens with one attached hydrogen (secondary N) is 1. The van der Waals surface area contributed by atoms with E-state index in [9.17, 15) is 13.2 Å². The van der Waals surface area contributed by atoms with E-state index in [2.05, 4.69) is 15.4 Å². The molecular weight excluding hydrogens is 357 g/mol. The first-order valence-corrected chi connectivity index (χ1v) is 7.83. The summed E-state index contributed by atoms with van der Waals surface area (Å²) in [7, 11) is 1.81. The van der Waals surface area contributed by atoms with Crippen LogP contribution >= 0.6 is 12.4 Å². The zero-order valence-electron chi connectivity index (χ0n) is 13.7. The summed E-state index contributed by atoms with van der Waals surface area (Å²) in [6.45, 7) is 1.36. The van der Waals surface area contributed by atoms with Crippen LogP contribution in [0.25, 0.3) is 11.4 Å². The summed E-state index contributed by atoms with van der Waals surface area (Å²) in [5, 5.41) is 7.68. The lowest BCUT2D eigenvalue weighted by Gasteiger charge is -2.15. The highest BCUT2D eigenvalue weighted by Crippen LogP contribution is 2.32. The molecule has 1 N–H and O–H groups in total. The molecule has 5 nitrogen and oxygen atoms in total. The van der Waals surface area contributed by atoms with Crippen LogP contribution in [0, 0.1) is 0 Å². The van der Waals surface area contributed by atoms with Crippen LogP contribution in [0.3, 0.4) is 0 Å². The summed E-state index contributed by atoms with van der Waals surface area (Å²) in [6, 6.07) is 5.36. The Morgan fingerprint density at radius 3 is 2.72 bits per heavy atom. The predicted octanol–water partition coefficient (Wildman–Crippen LogP) is 3.31. The van der Waals surface area contributed by atoms with Gasteiger partial charge in [-0.3, -0.25) is 4.68 Å². The summed E-state index contributed by atoms with van der Waals surface area (Å²) in [4.78, 5) is 4.43. The maximum absolute atomic E-state index is 12.3. The maximum Gasteiger partial charge on any atom is 0.392 e. The molecule has 0 amide bonds. The molecule has 1 aliphatic heterocycles. The molecule has 0 aromatic carbocycles. The maximum atomic E-state index is 12.3. The van der Waals surface area contributed by atoms with Gasteiger partial charge in [0.15, 0.2) is 0 Å². The molecule has 1 fully saturated rings. The molecule has 2 aromatic rings. The number of pyridine rings is 1. The summed E-state index contributed by atoms with van der Waals surface area (Å²) in [5.74, 6) is 0.508. The second-order valence-electron chi connectivity index (χ2n) is 5.87. The number of halogens is 4. The molecule has 1 saturated heterocycles. The van der Waals surface area contributed by atoms with Crippen LogP contribution in [0.2, 0.25) is 0 Å². The molecule has 2 aromatic heterocycles. The number of hydrogen-bond acceptors (Lipinski definition) is 4. The highest BCUT2D eigenvalue weighted by Gasteiger charge is 2.27. The number of hydrogen-bond donors (Lipinski definition) is 1. The van der Waals surface area contributed by atoms with Crippen molar-refractivity contribution in [1.82, 2.24) is 20.1 Å². The average Bonchev–Trinajstić information content (AvgIpc) is 3.17. The Morgan fingerprint density at radius 2 is 2.12 bits per heavy atom. The van der Waals surface area contributed by atoms with Gasteiger partial charge in [0.1, 0.15) is 5.69 Å². The Labute approximate surface area is 150 Å². The topological polar surface area (TPSA) is 52.0 Å². The lowest BCUT2D eigenvalue weighted by Crippen LogP contribution is -2.14. The fourth-order valence-electron chi connectivity index (χ4n) is 2.80. The first-order valence-electron chi connectivity index (χ1n) is 7.83. The van der Waals surface area contributed by atoms with Gasteiger partial charge in [-0.05, 0) is 30.5 Å². The molecule has 0 saturated carbocycles. The van der Waals surface area contributed by atoms with Gasteiger partial charge in [0.25, 0.3) is 0 Å². The van der Waals surface area contributed by atoms with Crippen molar-refractivity contribution in [3.05, 3.63) is 30.0 Å². The van der Waals surface area contributed by atoms with E-state index in [0.29, 0.717) is 17.3 Å². The van der Waals surface area contributed by atoms with E-state index in [1.165, 1.54) is 0 Å². The quantitative estimate of drug-likeness (QED) is 0.869. The van der Waals surface area contributed by atoms with E-state index in [4.69, 9.17) is 4.74 Å². The third-order valence-electron chi connectivity index (χ3n) is 3.99. The fourth-order valence-corrected chi connectivity index (χ4v) is 2.80. The Bertz CT molecular complexity index is 699. The first-order chi connectivity index (χ1) is 11.4. The molecule has 3 rings (SSSR count). The van der Waals surface area contributed by atoms with Crippen LogP contribution < -0.4 is 10.1 Å². The normalized spacial score (nSPS) is 17.4. The number of ether oxygens (including phenoxy) is 1. The van der Waals surface area contributed by atoms with Crippen molar-refractivity contribution in [2.24, 2.45) is 7.05 Å². The van der Waals surface area contributed by atoms with E-state index in [1.54, 1.807) is 10.7 Å². The minimum atomic E-state index is -4.24. The van der Waals surface area contributed by atoms with Crippen molar-refractivity contribution < 1.29 is 17.9 Å². The number of nitrogens with zero attached hydrogens (tertiary/aromatic N) is 3. The van der Waals surface area contributed by atoms with E-state index < -0.39 is 19.2 Å².